The van der Waals surface area contributed by atoms with E-state index in [-0.39, 0.29) is 24.0 Å². The molecule has 0 saturated heterocycles. The summed E-state index contributed by atoms with van der Waals surface area (Å²) in [7, 11) is 4.93. The quantitative estimate of drug-likeness (QED) is 0.217. The molecule has 0 bridgehead atoms. The number of hydrogen-bond acceptors (Lipinski definition) is 5. The molecular weight excluding hydrogens is 475 g/mol. The summed E-state index contributed by atoms with van der Waals surface area (Å²) in [6.07, 6.45) is 0.331. The number of hydrogen-bond donors (Lipinski definition) is 3. The lowest BCUT2D eigenvalue weighted by molar-refractivity contribution is 0.0527. The summed E-state index contributed by atoms with van der Waals surface area (Å²) in [5, 5.41) is 9.16. The molecule has 3 N–H and O–H groups in total. The molecule has 0 spiro atoms. The van der Waals surface area contributed by atoms with Crippen molar-refractivity contribution in [2.75, 3.05) is 34.4 Å². The van der Waals surface area contributed by atoms with E-state index in [0.717, 1.165) is 12.0 Å². The maximum Gasteiger partial charge on any atom is 0.407 e. The Hall–Kier alpha value is -1.91. The number of ether oxygens (including phenoxy) is 3. The number of carbonyl (C=O) groups excluding carboxylic acids is 1. The van der Waals surface area contributed by atoms with Gasteiger partial charge in [-0.3, -0.25) is 4.99 Å². The van der Waals surface area contributed by atoms with Crippen LogP contribution in [0.25, 0.3) is 0 Å². The second-order valence-electron chi connectivity index (χ2n) is 6.79. The van der Waals surface area contributed by atoms with Crippen LogP contribution in [0.4, 0.5) is 4.79 Å². The van der Waals surface area contributed by atoms with Gasteiger partial charge in [0.15, 0.2) is 17.5 Å². The predicted octanol–water partition coefficient (Wildman–Crippen LogP) is 2.90. The number of carbonyl (C=O) groups is 1. The second kappa shape index (κ2) is 13.3. The number of nitrogens with zero attached hydrogens (tertiary/aromatic N) is 1. The van der Waals surface area contributed by atoms with E-state index in [2.05, 4.69) is 20.9 Å². The van der Waals surface area contributed by atoms with Crippen LogP contribution < -0.4 is 25.4 Å². The Balaban J connectivity index is 0.00000729. The minimum Gasteiger partial charge on any atom is -0.493 e. The van der Waals surface area contributed by atoms with Crippen LogP contribution in [0.15, 0.2) is 23.2 Å². The zero-order valence-corrected chi connectivity index (χ0v) is 19.9. The van der Waals surface area contributed by atoms with Gasteiger partial charge in [-0.15, -0.1) is 24.0 Å². The zero-order chi connectivity index (χ0) is 20.3. The van der Waals surface area contributed by atoms with Gasteiger partial charge in [-0.25, -0.2) is 4.79 Å². The number of aliphatic imine (C=N–C) groups is 1. The number of alkyl carbamates (subject to hydrolysis) is 1. The molecule has 0 saturated carbocycles. The SMILES string of the molecule is CN=C(NCCCNC(=O)OC(C)(C)C)NCc1cccc(OC)c1OC.I. The lowest BCUT2D eigenvalue weighted by Gasteiger charge is -2.19. The Labute approximate surface area is 184 Å². The topological polar surface area (TPSA) is 93.2 Å². The molecule has 160 valence electrons. The minimum absolute atomic E-state index is 0. The summed E-state index contributed by atoms with van der Waals surface area (Å²) >= 11 is 0. The van der Waals surface area contributed by atoms with Crippen LogP contribution in [0.2, 0.25) is 0 Å². The molecule has 0 atom stereocenters. The first-order valence-electron chi connectivity index (χ1n) is 8.92. The smallest absolute Gasteiger partial charge is 0.407 e. The summed E-state index contributed by atoms with van der Waals surface area (Å²) in [6.45, 7) is 7.22. The summed E-state index contributed by atoms with van der Waals surface area (Å²) in [5.74, 6) is 2.05. The average molecular weight is 508 g/mol. The van der Waals surface area contributed by atoms with Crippen molar-refractivity contribution in [3.63, 3.8) is 0 Å². The second-order valence-corrected chi connectivity index (χ2v) is 6.79. The minimum atomic E-state index is -0.491. The molecule has 0 unspecified atom stereocenters. The summed E-state index contributed by atoms with van der Waals surface area (Å²) in [4.78, 5) is 15.8. The van der Waals surface area contributed by atoms with E-state index >= 15 is 0 Å². The molecule has 1 rings (SSSR count). The number of halogens is 1. The van der Waals surface area contributed by atoms with Gasteiger partial charge in [0.05, 0.1) is 14.2 Å². The van der Waals surface area contributed by atoms with Crippen molar-refractivity contribution in [1.82, 2.24) is 16.0 Å². The van der Waals surface area contributed by atoms with E-state index in [1.807, 2.05) is 39.0 Å². The third-order valence-electron chi connectivity index (χ3n) is 3.47. The number of nitrogens with one attached hydrogen (secondary N) is 3. The maximum atomic E-state index is 11.6. The van der Waals surface area contributed by atoms with Gasteiger partial charge < -0.3 is 30.2 Å². The number of guanidine groups is 1. The lowest BCUT2D eigenvalue weighted by Crippen LogP contribution is -2.39. The van der Waals surface area contributed by atoms with E-state index in [0.29, 0.717) is 37.1 Å². The first kappa shape index (κ1) is 26.1. The molecule has 0 aliphatic carbocycles. The van der Waals surface area contributed by atoms with Crippen LogP contribution in [-0.4, -0.2) is 52.0 Å². The van der Waals surface area contributed by atoms with Gasteiger partial charge in [0.1, 0.15) is 5.60 Å². The number of para-hydroxylation sites is 1. The molecule has 0 aliphatic heterocycles. The lowest BCUT2D eigenvalue weighted by atomic mass is 10.2. The van der Waals surface area contributed by atoms with Crippen molar-refractivity contribution < 1.29 is 19.0 Å². The van der Waals surface area contributed by atoms with Gasteiger partial charge in [-0.2, -0.15) is 0 Å². The van der Waals surface area contributed by atoms with Crippen LogP contribution in [0, 0.1) is 0 Å². The van der Waals surface area contributed by atoms with Crippen LogP contribution in [0.3, 0.4) is 0 Å². The molecule has 0 fully saturated rings. The molecule has 1 aromatic carbocycles. The van der Waals surface area contributed by atoms with Gasteiger partial charge in [0, 0.05) is 32.2 Å². The van der Waals surface area contributed by atoms with Crippen molar-refractivity contribution in [1.29, 1.82) is 0 Å². The molecule has 8 nitrogen and oxygen atoms in total. The highest BCUT2D eigenvalue weighted by Gasteiger charge is 2.15. The fourth-order valence-electron chi connectivity index (χ4n) is 2.29. The van der Waals surface area contributed by atoms with Crippen LogP contribution in [-0.2, 0) is 11.3 Å². The maximum absolute atomic E-state index is 11.6. The van der Waals surface area contributed by atoms with Crippen molar-refractivity contribution >= 4 is 36.0 Å². The number of rotatable bonds is 8. The monoisotopic (exact) mass is 508 g/mol. The highest BCUT2D eigenvalue weighted by atomic mass is 127. The zero-order valence-electron chi connectivity index (χ0n) is 17.5. The Morgan fingerprint density at radius 1 is 1.07 bits per heavy atom. The van der Waals surface area contributed by atoms with Crippen LogP contribution >= 0.6 is 24.0 Å². The van der Waals surface area contributed by atoms with E-state index < -0.39 is 11.7 Å². The van der Waals surface area contributed by atoms with Crippen molar-refractivity contribution in [3.05, 3.63) is 23.8 Å². The van der Waals surface area contributed by atoms with Gasteiger partial charge in [0.25, 0.3) is 0 Å². The first-order valence-corrected chi connectivity index (χ1v) is 8.92. The largest absolute Gasteiger partial charge is 0.493 e. The van der Waals surface area contributed by atoms with Crippen molar-refractivity contribution in [2.45, 2.75) is 39.3 Å². The van der Waals surface area contributed by atoms with E-state index in [4.69, 9.17) is 14.2 Å². The number of amides is 1. The fourth-order valence-corrected chi connectivity index (χ4v) is 2.29. The summed E-state index contributed by atoms with van der Waals surface area (Å²) in [5.41, 5.74) is 0.474. The van der Waals surface area contributed by atoms with E-state index in [9.17, 15) is 4.79 Å². The highest BCUT2D eigenvalue weighted by Crippen LogP contribution is 2.30. The van der Waals surface area contributed by atoms with Crippen molar-refractivity contribution in [2.24, 2.45) is 4.99 Å². The Kier molecular flexibility index (Phi) is 12.4. The molecule has 28 heavy (non-hydrogen) atoms. The molecule has 1 amide bonds. The molecule has 0 aliphatic rings. The molecule has 1 aromatic rings. The molecule has 0 radical (unpaired) electrons. The predicted molar refractivity (Wildman–Crippen MR) is 122 cm³/mol. The highest BCUT2D eigenvalue weighted by molar-refractivity contribution is 14.0. The van der Waals surface area contributed by atoms with Gasteiger partial charge >= 0.3 is 6.09 Å². The molecular formula is C19H33IN4O4. The standard InChI is InChI=1S/C19H32N4O4.HI/c1-19(2,3)27-18(24)22-12-8-11-21-17(20-4)23-13-14-9-7-10-15(25-5)16(14)26-6;/h7,9-10H,8,11-13H2,1-6H3,(H,22,24)(H2,20,21,23);1H. The normalized spacial score (nSPS) is 11.1. The number of methoxy groups -OCH3 is 2. The Morgan fingerprint density at radius 3 is 2.32 bits per heavy atom. The Morgan fingerprint density at radius 2 is 1.75 bits per heavy atom. The van der Waals surface area contributed by atoms with Gasteiger partial charge in [-0.05, 0) is 33.3 Å². The Bertz CT molecular complexity index is 633. The van der Waals surface area contributed by atoms with Crippen LogP contribution in [0.1, 0.15) is 32.8 Å². The molecule has 0 heterocycles. The van der Waals surface area contributed by atoms with E-state index in [1.165, 1.54) is 0 Å². The van der Waals surface area contributed by atoms with Crippen molar-refractivity contribution in [3.8, 4) is 11.5 Å². The third-order valence-corrected chi connectivity index (χ3v) is 3.47. The van der Waals surface area contributed by atoms with Crippen LogP contribution in [0.5, 0.6) is 11.5 Å². The average Bonchev–Trinajstić information content (AvgIpc) is 2.61. The fraction of sp³-hybridized carbons (Fsp3) is 0.579. The van der Waals surface area contributed by atoms with Gasteiger partial charge in [0.2, 0.25) is 0 Å². The molecule has 9 heteroatoms. The summed E-state index contributed by atoms with van der Waals surface area (Å²) < 4.78 is 15.9. The summed E-state index contributed by atoms with van der Waals surface area (Å²) in [6, 6.07) is 5.73. The third kappa shape index (κ3) is 9.86. The number of benzene rings is 1. The first-order chi connectivity index (χ1) is 12.8. The van der Waals surface area contributed by atoms with E-state index in [1.54, 1.807) is 21.3 Å². The van der Waals surface area contributed by atoms with Gasteiger partial charge in [-0.1, -0.05) is 12.1 Å². The molecule has 0 aromatic heterocycles.